The van der Waals surface area contributed by atoms with Crippen molar-refractivity contribution in [1.82, 2.24) is 26.6 Å². The fraction of sp³-hybridized carbons (Fsp3) is 0.885. The van der Waals surface area contributed by atoms with Crippen LogP contribution in [0.5, 0.6) is 0 Å². The van der Waals surface area contributed by atoms with Gasteiger partial charge in [-0.15, -0.1) is 0 Å². The highest BCUT2D eigenvalue weighted by atomic mass is 31.3. The molecule has 0 radical (unpaired) electrons. The minimum Gasteiger partial charge on any atom is -0.756 e. The highest BCUT2D eigenvalue weighted by Gasteiger charge is 2.54. The number of aliphatic carboxylic acids is 1. The Labute approximate surface area is 482 Å². The molecule has 30 heteroatoms. The molecule has 0 bridgehead atoms. The number of aliphatic hydroxyl groups excluding tert-OH is 4. The third-order valence-electron chi connectivity index (χ3n) is 14.2. The number of carboxylic acid groups (broad SMARTS) is 1. The van der Waals surface area contributed by atoms with E-state index < -0.39 is 150 Å². The van der Waals surface area contributed by atoms with E-state index in [9.17, 15) is 73.2 Å². The lowest BCUT2D eigenvalue weighted by atomic mass is 9.91. The SMILES string of the molecule is CC(=O)N[C@H]1[C@H](O[C@H]2[C@H](O[C@H](C)C(=O)N[C@@H](C)C(=O)NCCCC(=O)N[C@@H](CCCCN)C(=O)[O-])[C@@H](NC(C)=O)[C@@H](OP(=O)([O-])OP(=O)([O-])OCCC(C)CCCC(C)CCCC(C)CCCC(C)C)O[C@@H]2CO)O[C@H](CO)[C@@H](O)[C@@H]1O. The average Bonchev–Trinajstić information content (AvgIpc) is 2.49. The minimum absolute atomic E-state index is 0.00488. The summed E-state index contributed by atoms with van der Waals surface area (Å²) in [5.74, 6) is -3.63. The third kappa shape index (κ3) is 28.3. The number of carbonyl (C=O) groups is 6. The minimum atomic E-state index is -6.11. The van der Waals surface area contributed by atoms with Crippen LogP contribution in [0.4, 0.5) is 0 Å². The lowest BCUT2D eigenvalue weighted by Crippen LogP contribution is -2.70. The predicted octanol–water partition coefficient (Wildman–Crippen LogP) is -0.472. The second kappa shape index (κ2) is 38.0. The molecule has 2 aliphatic rings. The molecule has 0 aromatic rings. The zero-order valence-corrected chi connectivity index (χ0v) is 50.9. The molecule has 2 rings (SSSR count). The number of carbonyl (C=O) groups excluding carboxylic acids is 6. The molecule has 28 nitrogen and oxygen atoms in total. The number of rotatable bonds is 41. The maximum Gasteiger partial charge on any atom is 0.276 e. The van der Waals surface area contributed by atoms with Crippen LogP contribution in [0.2, 0.25) is 0 Å². The van der Waals surface area contributed by atoms with Gasteiger partial charge in [0.05, 0.1) is 31.8 Å². The van der Waals surface area contributed by atoms with Crippen molar-refractivity contribution in [3.05, 3.63) is 0 Å². The predicted molar refractivity (Wildman–Crippen MR) is 289 cm³/mol. The number of unbranched alkanes of at least 4 members (excludes halogenated alkanes) is 1. The summed E-state index contributed by atoms with van der Waals surface area (Å²) in [5, 5.41) is 65.9. The summed E-state index contributed by atoms with van der Waals surface area (Å²) in [6.07, 6.45) is -5.76. The quantitative estimate of drug-likeness (QED) is 0.0273. The molecule has 2 saturated heterocycles. The molecule has 2 heterocycles. The topological polar surface area (TPSA) is 437 Å². The van der Waals surface area contributed by atoms with Gasteiger partial charge in [0.2, 0.25) is 29.5 Å². The smallest absolute Gasteiger partial charge is 0.276 e. The number of nitrogens with two attached hydrogens (primary N) is 1. The van der Waals surface area contributed by atoms with Gasteiger partial charge in [0.25, 0.3) is 15.6 Å². The Balaban J connectivity index is 2.27. The number of aliphatic hydroxyl groups is 4. The van der Waals surface area contributed by atoms with E-state index >= 15 is 0 Å². The Hall–Kier alpha value is -3.28. The fourth-order valence-corrected chi connectivity index (χ4v) is 11.6. The first-order chi connectivity index (χ1) is 38.4. The van der Waals surface area contributed by atoms with Crippen molar-refractivity contribution in [3.63, 3.8) is 0 Å². The summed E-state index contributed by atoms with van der Waals surface area (Å²) in [6, 6.07) is -6.12. The van der Waals surface area contributed by atoms with Gasteiger partial charge in [-0.3, -0.25) is 37.6 Å². The number of amides is 5. The van der Waals surface area contributed by atoms with Crippen LogP contribution in [0, 0.1) is 23.7 Å². The maximum absolute atomic E-state index is 13.8. The van der Waals surface area contributed by atoms with Crippen molar-refractivity contribution in [2.24, 2.45) is 29.4 Å². The standard InChI is InChI=1S/C52H98N6O22P2/c1-30(2)16-12-17-31(3)18-13-19-32(4)20-14-21-33(5)24-27-74-81(70,71)80-82(72,73)79-52-43(57-37(9)62)47(46(40(29-60)77-52)78-51-42(56-36(8)61)45(65)44(64)39(28-59)76-51)75-35(7)49(67)55-34(6)48(66)54-26-15-23-41(63)58-38(50(68)69)22-10-11-25-53/h30-35,38-40,42-47,51-52,59-60,64-65H,10-29,53H2,1-9H3,(H,54,66)(H,55,67)(H,56,61)(H,57,62)(H,58,63)(H,68,69)(H,70,71)(H,72,73)/p-3/t31?,32?,33?,34-,35+,38-,39+,40+,42+,43+,44+,45+,46+,47+,51-,52+/m0/s1. The van der Waals surface area contributed by atoms with Gasteiger partial charge in [-0.25, -0.2) is 4.31 Å². The number of ether oxygens (including phenoxy) is 4. The van der Waals surface area contributed by atoms with Crippen molar-refractivity contribution < 1.29 is 106 Å². The third-order valence-corrected chi connectivity index (χ3v) is 16.8. The number of carboxylic acids is 1. The van der Waals surface area contributed by atoms with Crippen LogP contribution in [0.3, 0.4) is 0 Å². The lowest BCUT2D eigenvalue weighted by Gasteiger charge is -2.50. The molecular formula is C52H95N6O22P2-3. The molecule has 82 heavy (non-hydrogen) atoms. The number of nitrogens with one attached hydrogen (secondary N) is 5. The van der Waals surface area contributed by atoms with E-state index in [-0.39, 0.29) is 38.1 Å². The summed E-state index contributed by atoms with van der Waals surface area (Å²) in [5.41, 5.74) is 5.45. The molecular weight excluding hydrogens is 1120 g/mol. The van der Waals surface area contributed by atoms with Crippen LogP contribution in [0.25, 0.3) is 0 Å². The molecule has 0 spiro atoms. The van der Waals surface area contributed by atoms with Crippen molar-refractivity contribution >= 4 is 51.2 Å². The Morgan fingerprint density at radius 1 is 0.646 bits per heavy atom. The number of hydrogen-bond donors (Lipinski definition) is 10. The van der Waals surface area contributed by atoms with Gasteiger partial charge in [0, 0.05) is 26.8 Å². The second-order valence-corrected chi connectivity index (χ2v) is 25.2. The van der Waals surface area contributed by atoms with Gasteiger partial charge >= 0.3 is 0 Å². The van der Waals surface area contributed by atoms with Crippen LogP contribution in [0.1, 0.15) is 159 Å². The fourth-order valence-electron chi connectivity index (χ4n) is 9.51. The lowest BCUT2D eigenvalue weighted by molar-refractivity contribution is -0.336. The normalized spacial score (nSPS) is 26.6. The van der Waals surface area contributed by atoms with E-state index in [1.54, 1.807) is 0 Å². The molecule has 5 unspecified atom stereocenters. The van der Waals surface area contributed by atoms with Crippen LogP contribution in [0.15, 0.2) is 0 Å². The molecule has 18 atom stereocenters. The molecule has 0 aliphatic carbocycles. The van der Waals surface area contributed by atoms with E-state index in [0.29, 0.717) is 37.1 Å². The van der Waals surface area contributed by atoms with E-state index in [0.717, 1.165) is 52.9 Å². The zero-order valence-electron chi connectivity index (χ0n) is 49.1. The molecule has 0 aromatic carbocycles. The summed E-state index contributed by atoms with van der Waals surface area (Å²) in [6.45, 7) is 13.1. The largest absolute Gasteiger partial charge is 0.756 e. The van der Waals surface area contributed by atoms with E-state index in [2.05, 4.69) is 58.6 Å². The van der Waals surface area contributed by atoms with Gasteiger partial charge in [0.1, 0.15) is 60.9 Å². The monoisotopic (exact) mass is 1220 g/mol. The summed E-state index contributed by atoms with van der Waals surface area (Å²) in [7, 11) is -11.8. The zero-order chi connectivity index (χ0) is 61.9. The van der Waals surface area contributed by atoms with Crippen molar-refractivity contribution in [1.29, 1.82) is 0 Å². The summed E-state index contributed by atoms with van der Waals surface area (Å²) >= 11 is 0. The van der Waals surface area contributed by atoms with Crippen molar-refractivity contribution in [2.45, 2.75) is 238 Å². The second-order valence-electron chi connectivity index (χ2n) is 22.3. The number of hydrogen-bond acceptors (Lipinski definition) is 23. The van der Waals surface area contributed by atoms with Crippen LogP contribution in [-0.2, 0) is 70.2 Å². The van der Waals surface area contributed by atoms with E-state index in [4.69, 9.17) is 33.7 Å². The highest BCUT2D eigenvalue weighted by molar-refractivity contribution is 7.59. The van der Waals surface area contributed by atoms with Crippen LogP contribution < -0.4 is 47.2 Å². The van der Waals surface area contributed by atoms with E-state index in [1.165, 1.54) is 32.6 Å². The summed E-state index contributed by atoms with van der Waals surface area (Å²) < 4.78 is 64.7. The number of phosphoric ester groups is 2. The van der Waals surface area contributed by atoms with Crippen LogP contribution in [-0.4, -0.2) is 168 Å². The molecule has 2 aliphatic heterocycles. The van der Waals surface area contributed by atoms with Gasteiger partial charge in [-0.2, -0.15) is 0 Å². The Kier molecular flexibility index (Phi) is 34.7. The highest BCUT2D eigenvalue weighted by Crippen LogP contribution is 2.57. The average molecular weight is 1220 g/mol. The Morgan fingerprint density at radius 3 is 1.73 bits per heavy atom. The number of phosphoric acid groups is 2. The van der Waals surface area contributed by atoms with Gasteiger partial charge in [-0.1, -0.05) is 92.4 Å². The van der Waals surface area contributed by atoms with Gasteiger partial charge in [0.15, 0.2) is 12.6 Å². The molecule has 0 aromatic heterocycles. The molecule has 0 saturated carbocycles. The van der Waals surface area contributed by atoms with Crippen molar-refractivity contribution in [2.75, 3.05) is 32.9 Å². The first-order valence-corrected chi connectivity index (χ1v) is 31.5. The Morgan fingerprint density at radius 2 is 1.20 bits per heavy atom. The molecule has 5 amide bonds. The van der Waals surface area contributed by atoms with Gasteiger partial charge in [-0.05, 0) is 76.2 Å². The molecule has 2 fully saturated rings. The van der Waals surface area contributed by atoms with Crippen molar-refractivity contribution in [3.8, 4) is 0 Å². The molecule has 11 N–H and O–H groups in total. The Bertz CT molecular complexity index is 2050. The molecule has 478 valence electrons. The maximum atomic E-state index is 13.8. The first kappa shape index (κ1) is 74.8. The van der Waals surface area contributed by atoms with Gasteiger partial charge < -0.3 is 95.9 Å². The summed E-state index contributed by atoms with van der Waals surface area (Å²) in [4.78, 5) is 102. The van der Waals surface area contributed by atoms with Crippen LogP contribution >= 0.6 is 15.6 Å². The first-order valence-electron chi connectivity index (χ1n) is 28.6. The van der Waals surface area contributed by atoms with E-state index in [1.807, 2.05) is 6.92 Å².